The van der Waals surface area contributed by atoms with Crippen molar-refractivity contribution < 1.29 is 19.4 Å². The Morgan fingerprint density at radius 2 is 2.12 bits per heavy atom. The molecule has 0 radical (unpaired) electrons. The number of benzene rings is 1. The van der Waals surface area contributed by atoms with E-state index < -0.39 is 12.1 Å². The molecule has 0 aliphatic rings. The molecule has 1 aromatic carbocycles. The molecule has 90 valence electrons. The molecule has 0 aliphatic heterocycles. The maximum absolute atomic E-state index is 11.0. The summed E-state index contributed by atoms with van der Waals surface area (Å²) in [5, 5.41) is 11.0. The van der Waals surface area contributed by atoms with Gasteiger partial charge >= 0.3 is 12.1 Å². The Kier molecular flexibility index (Phi) is 4.28. The lowest BCUT2D eigenvalue weighted by Crippen LogP contribution is -2.11. The van der Waals surface area contributed by atoms with Gasteiger partial charge in [-0.1, -0.05) is 6.07 Å². The smallest absolute Gasteiger partial charge is 0.411 e. The van der Waals surface area contributed by atoms with Gasteiger partial charge in [0.15, 0.2) is 0 Å². The highest BCUT2D eigenvalue weighted by molar-refractivity contribution is 5.87. The number of nitrogens with one attached hydrogen (secondary N) is 1. The normalized spacial score (nSPS) is 10.2. The van der Waals surface area contributed by atoms with Crippen molar-refractivity contribution in [3.63, 3.8) is 0 Å². The molecule has 2 N–H and O–H groups in total. The van der Waals surface area contributed by atoms with E-state index in [0.717, 1.165) is 17.2 Å². The third-order valence-electron chi connectivity index (χ3n) is 2.09. The van der Waals surface area contributed by atoms with Crippen molar-refractivity contribution in [2.45, 2.75) is 6.92 Å². The van der Waals surface area contributed by atoms with Gasteiger partial charge in [-0.3, -0.25) is 5.32 Å². The largest absolute Gasteiger partial charge is 0.478 e. The van der Waals surface area contributed by atoms with Crippen molar-refractivity contribution in [3.8, 4) is 0 Å². The van der Waals surface area contributed by atoms with Crippen molar-refractivity contribution in [1.29, 1.82) is 0 Å². The van der Waals surface area contributed by atoms with Crippen LogP contribution in [-0.2, 0) is 9.53 Å². The number of rotatable bonds is 3. The van der Waals surface area contributed by atoms with Gasteiger partial charge in [-0.2, -0.15) is 0 Å². The van der Waals surface area contributed by atoms with Crippen molar-refractivity contribution in [3.05, 3.63) is 35.4 Å². The van der Waals surface area contributed by atoms with Crippen LogP contribution >= 0.6 is 0 Å². The fraction of sp³-hybridized carbons (Fsp3) is 0.167. The summed E-state index contributed by atoms with van der Waals surface area (Å²) in [5.74, 6) is -1.00. The molecular weight excluding hydrogens is 222 g/mol. The molecular formula is C12H13NO4. The molecule has 1 amide bonds. The topological polar surface area (TPSA) is 75.6 Å². The van der Waals surface area contributed by atoms with Gasteiger partial charge in [-0.25, -0.2) is 9.59 Å². The summed E-state index contributed by atoms with van der Waals surface area (Å²) in [6.07, 6.45) is 2.00. The number of methoxy groups -OCH3 is 1. The summed E-state index contributed by atoms with van der Waals surface area (Å²) < 4.78 is 4.48. The number of carbonyl (C=O) groups excluding carboxylic acids is 1. The first kappa shape index (κ1) is 12.8. The third kappa shape index (κ3) is 3.98. The van der Waals surface area contributed by atoms with Gasteiger partial charge in [0.2, 0.25) is 0 Å². The Balaban J connectivity index is 2.86. The molecule has 5 nitrogen and oxygen atoms in total. The summed E-state index contributed by atoms with van der Waals surface area (Å²) in [7, 11) is 1.29. The second kappa shape index (κ2) is 5.69. The van der Waals surface area contributed by atoms with Crippen LogP contribution in [-0.4, -0.2) is 24.3 Å². The Morgan fingerprint density at radius 1 is 1.41 bits per heavy atom. The van der Waals surface area contributed by atoms with Crippen LogP contribution in [0.15, 0.2) is 24.3 Å². The van der Waals surface area contributed by atoms with Crippen LogP contribution in [0.1, 0.15) is 11.1 Å². The van der Waals surface area contributed by atoms with Crippen LogP contribution in [0.3, 0.4) is 0 Å². The molecule has 0 bridgehead atoms. The maximum atomic E-state index is 11.0. The Bertz CT molecular complexity index is 466. The summed E-state index contributed by atoms with van der Waals surface area (Å²) in [6, 6.07) is 5.16. The molecule has 0 aliphatic carbocycles. The monoisotopic (exact) mass is 235 g/mol. The van der Waals surface area contributed by atoms with Crippen molar-refractivity contribution in [1.82, 2.24) is 0 Å². The first-order valence-corrected chi connectivity index (χ1v) is 4.89. The fourth-order valence-electron chi connectivity index (χ4n) is 1.26. The molecule has 17 heavy (non-hydrogen) atoms. The molecule has 0 atom stereocenters. The van der Waals surface area contributed by atoms with E-state index in [1.807, 2.05) is 6.92 Å². The van der Waals surface area contributed by atoms with Crippen LogP contribution in [0, 0.1) is 6.92 Å². The third-order valence-corrected chi connectivity index (χ3v) is 2.09. The zero-order valence-corrected chi connectivity index (χ0v) is 9.56. The summed E-state index contributed by atoms with van der Waals surface area (Å²) >= 11 is 0. The number of anilines is 1. The van der Waals surface area contributed by atoms with Gasteiger partial charge in [0.1, 0.15) is 0 Å². The second-order valence-electron chi connectivity index (χ2n) is 3.36. The molecule has 0 aromatic heterocycles. The van der Waals surface area contributed by atoms with E-state index in [4.69, 9.17) is 5.11 Å². The molecule has 0 heterocycles. The van der Waals surface area contributed by atoms with E-state index in [-0.39, 0.29) is 0 Å². The summed E-state index contributed by atoms with van der Waals surface area (Å²) in [6.45, 7) is 1.81. The van der Waals surface area contributed by atoms with Gasteiger partial charge in [-0.05, 0) is 36.3 Å². The Morgan fingerprint density at radius 3 is 2.65 bits per heavy atom. The van der Waals surface area contributed by atoms with Crippen LogP contribution in [0.5, 0.6) is 0 Å². The maximum Gasteiger partial charge on any atom is 0.411 e. The summed E-state index contributed by atoms with van der Waals surface area (Å²) in [5.41, 5.74) is 2.20. The second-order valence-corrected chi connectivity index (χ2v) is 3.36. The minimum atomic E-state index is -1.00. The molecule has 5 heteroatoms. The lowest BCUT2D eigenvalue weighted by atomic mass is 10.1. The van der Waals surface area contributed by atoms with Crippen molar-refractivity contribution >= 4 is 23.8 Å². The average molecular weight is 235 g/mol. The molecule has 0 saturated carbocycles. The zero-order valence-electron chi connectivity index (χ0n) is 9.56. The van der Waals surface area contributed by atoms with E-state index in [1.165, 1.54) is 13.2 Å². The number of amides is 1. The fourth-order valence-corrected chi connectivity index (χ4v) is 1.26. The predicted octanol–water partition coefficient (Wildman–Crippen LogP) is 2.27. The standard InChI is InChI=1S/C12H13NO4/c1-8-7-9(4-6-11(14)15)3-5-10(8)13-12(16)17-2/h3-7H,1-2H3,(H,13,16)(H,14,15). The number of ether oxygens (including phenoxy) is 1. The highest BCUT2D eigenvalue weighted by Crippen LogP contribution is 2.17. The number of aryl methyl sites for hydroxylation is 1. The Hall–Kier alpha value is -2.30. The van der Waals surface area contributed by atoms with Gasteiger partial charge in [-0.15, -0.1) is 0 Å². The van der Waals surface area contributed by atoms with Crippen molar-refractivity contribution in [2.24, 2.45) is 0 Å². The quantitative estimate of drug-likeness (QED) is 0.788. The lowest BCUT2D eigenvalue weighted by Gasteiger charge is -2.07. The minimum absolute atomic E-state index is 0.540. The van der Waals surface area contributed by atoms with Crippen LogP contribution in [0.4, 0.5) is 10.5 Å². The average Bonchev–Trinajstić information content (AvgIpc) is 2.29. The first-order valence-electron chi connectivity index (χ1n) is 4.89. The van der Waals surface area contributed by atoms with Crippen LogP contribution in [0.25, 0.3) is 6.08 Å². The number of hydrogen-bond acceptors (Lipinski definition) is 3. The molecule has 1 aromatic rings. The molecule has 1 rings (SSSR count). The number of aliphatic carboxylic acids is 1. The van der Waals surface area contributed by atoms with E-state index in [1.54, 1.807) is 18.2 Å². The number of carboxylic acids is 1. The number of carbonyl (C=O) groups is 2. The van der Waals surface area contributed by atoms with E-state index in [9.17, 15) is 9.59 Å². The molecule has 0 saturated heterocycles. The van der Waals surface area contributed by atoms with Gasteiger partial charge in [0.25, 0.3) is 0 Å². The highest BCUT2D eigenvalue weighted by atomic mass is 16.5. The van der Waals surface area contributed by atoms with E-state index >= 15 is 0 Å². The first-order chi connectivity index (χ1) is 8.02. The molecule has 0 fully saturated rings. The van der Waals surface area contributed by atoms with Gasteiger partial charge in [0.05, 0.1) is 7.11 Å². The lowest BCUT2D eigenvalue weighted by molar-refractivity contribution is -0.131. The van der Waals surface area contributed by atoms with Crippen LogP contribution < -0.4 is 5.32 Å². The molecule has 0 spiro atoms. The van der Waals surface area contributed by atoms with Crippen LogP contribution in [0.2, 0.25) is 0 Å². The zero-order chi connectivity index (χ0) is 12.8. The van der Waals surface area contributed by atoms with Crippen molar-refractivity contribution in [2.75, 3.05) is 12.4 Å². The van der Waals surface area contributed by atoms with Gasteiger partial charge in [0, 0.05) is 11.8 Å². The Labute approximate surface area is 98.7 Å². The SMILES string of the molecule is COC(=O)Nc1ccc(C=CC(=O)O)cc1C. The predicted molar refractivity (Wildman–Crippen MR) is 63.9 cm³/mol. The van der Waals surface area contributed by atoms with Gasteiger partial charge < -0.3 is 9.84 Å². The number of carboxylic acid groups (broad SMARTS) is 1. The summed E-state index contributed by atoms with van der Waals surface area (Å²) in [4.78, 5) is 21.4. The highest BCUT2D eigenvalue weighted by Gasteiger charge is 2.03. The minimum Gasteiger partial charge on any atom is -0.478 e. The van der Waals surface area contributed by atoms with E-state index in [0.29, 0.717) is 5.69 Å². The molecule has 0 unspecified atom stereocenters. The number of hydrogen-bond donors (Lipinski definition) is 2. The van der Waals surface area contributed by atoms with E-state index in [2.05, 4.69) is 10.1 Å².